The van der Waals surface area contributed by atoms with E-state index in [-0.39, 0.29) is 0 Å². The number of benzene rings is 1. The standard InChI is InChI=1S/C18H29NO2/c1-3-10-19-14-16(13-18-5-4-11-21-18)12-15-6-8-17(20-2)9-7-15/h6-9,16,18-19H,3-5,10-14H2,1-2H3. The van der Waals surface area contributed by atoms with Crippen molar-refractivity contribution in [3.05, 3.63) is 29.8 Å². The van der Waals surface area contributed by atoms with E-state index in [1.807, 2.05) is 0 Å². The molecule has 1 N–H and O–H groups in total. The average molecular weight is 291 g/mol. The summed E-state index contributed by atoms with van der Waals surface area (Å²) in [7, 11) is 1.71. The molecule has 2 rings (SSSR count). The normalized spacial score (nSPS) is 19.6. The lowest BCUT2D eigenvalue weighted by Gasteiger charge is -2.21. The van der Waals surface area contributed by atoms with Gasteiger partial charge in [-0.05, 0) is 68.8 Å². The fraction of sp³-hybridized carbons (Fsp3) is 0.667. The van der Waals surface area contributed by atoms with Gasteiger partial charge in [-0.25, -0.2) is 0 Å². The van der Waals surface area contributed by atoms with Gasteiger partial charge in [-0.3, -0.25) is 0 Å². The van der Waals surface area contributed by atoms with Gasteiger partial charge in [0.2, 0.25) is 0 Å². The monoisotopic (exact) mass is 291 g/mol. The van der Waals surface area contributed by atoms with E-state index < -0.39 is 0 Å². The highest BCUT2D eigenvalue weighted by Gasteiger charge is 2.21. The molecule has 118 valence electrons. The summed E-state index contributed by atoms with van der Waals surface area (Å²) in [5.74, 6) is 1.58. The van der Waals surface area contributed by atoms with E-state index in [2.05, 4.69) is 36.5 Å². The molecule has 0 saturated carbocycles. The molecule has 1 aromatic carbocycles. The van der Waals surface area contributed by atoms with Gasteiger partial charge in [-0.1, -0.05) is 19.1 Å². The Hall–Kier alpha value is -1.06. The van der Waals surface area contributed by atoms with Crippen LogP contribution in [0.5, 0.6) is 5.75 Å². The fourth-order valence-corrected chi connectivity index (χ4v) is 3.02. The Morgan fingerprint density at radius 3 is 2.76 bits per heavy atom. The van der Waals surface area contributed by atoms with Crippen LogP contribution in [0.3, 0.4) is 0 Å². The average Bonchev–Trinajstić information content (AvgIpc) is 3.01. The second-order valence-electron chi connectivity index (χ2n) is 5.99. The van der Waals surface area contributed by atoms with E-state index in [4.69, 9.17) is 9.47 Å². The lowest BCUT2D eigenvalue weighted by Crippen LogP contribution is -2.28. The zero-order valence-corrected chi connectivity index (χ0v) is 13.4. The minimum Gasteiger partial charge on any atom is -0.497 e. The van der Waals surface area contributed by atoms with E-state index in [0.717, 1.165) is 31.9 Å². The molecule has 1 heterocycles. The smallest absolute Gasteiger partial charge is 0.118 e. The SMILES string of the molecule is CCCNCC(Cc1ccc(OC)cc1)CC1CCCO1. The first-order valence-corrected chi connectivity index (χ1v) is 8.27. The maximum absolute atomic E-state index is 5.82. The highest BCUT2D eigenvalue weighted by molar-refractivity contribution is 5.27. The second-order valence-corrected chi connectivity index (χ2v) is 5.99. The van der Waals surface area contributed by atoms with Crippen LogP contribution in [0.25, 0.3) is 0 Å². The molecule has 0 aliphatic carbocycles. The van der Waals surface area contributed by atoms with Crippen molar-refractivity contribution in [2.75, 3.05) is 26.8 Å². The summed E-state index contributed by atoms with van der Waals surface area (Å²) in [6, 6.07) is 8.47. The summed E-state index contributed by atoms with van der Waals surface area (Å²) < 4.78 is 11.0. The second kappa shape index (κ2) is 9.06. The molecule has 21 heavy (non-hydrogen) atoms. The molecule has 0 radical (unpaired) electrons. The summed E-state index contributed by atoms with van der Waals surface area (Å²) in [5, 5.41) is 3.57. The van der Waals surface area contributed by atoms with Crippen molar-refractivity contribution in [3.8, 4) is 5.75 Å². The topological polar surface area (TPSA) is 30.5 Å². The molecule has 1 saturated heterocycles. The fourth-order valence-electron chi connectivity index (χ4n) is 3.02. The predicted molar refractivity (Wildman–Crippen MR) is 86.9 cm³/mol. The molecule has 2 atom stereocenters. The number of ether oxygens (including phenoxy) is 2. The maximum Gasteiger partial charge on any atom is 0.118 e. The van der Waals surface area contributed by atoms with Gasteiger partial charge in [0.1, 0.15) is 5.75 Å². The summed E-state index contributed by atoms with van der Waals surface area (Å²) >= 11 is 0. The Morgan fingerprint density at radius 2 is 2.14 bits per heavy atom. The van der Waals surface area contributed by atoms with Crippen molar-refractivity contribution >= 4 is 0 Å². The van der Waals surface area contributed by atoms with Gasteiger partial charge in [-0.15, -0.1) is 0 Å². The molecule has 0 aromatic heterocycles. The van der Waals surface area contributed by atoms with E-state index in [1.54, 1.807) is 7.11 Å². The molecule has 0 spiro atoms. The van der Waals surface area contributed by atoms with E-state index >= 15 is 0 Å². The van der Waals surface area contributed by atoms with Crippen LogP contribution in [0.2, 0.25) is 0 Å². The highest BCUT2D eigenvalue weighted by atomic mass is 16.5. The number of nitrogens with one attached hydrogen (secondary N) is 1. The van der Waals surface area contributed by atoms with Crippen molar-refractivity contribution in [3.63, 3.8) is 0 Å². The third-order valence-corrected chi connectivity index (χ3v) is 4.16. The Balaban J connectivity index is 1.88. The number of hydrogen-bond acceptors (Lipinski definition) is 3. The number of methoxy groups -OCH3 is 1. The molecule has 1 aliphatic heterocycles. The molecule has 3 heteroatoms. The number of hydrogen-bond donors (Lipinski definition) is 1. The van der Waals surface area contributed by atoms with Crippen molar-refractivity contribution in [1.82, 2.24) is 5.32 Å². The zero-order chi connectivity index (χ0) is 14.9. The summed E-state index contributed by atoms with van der Waals surface area (Å²) in [6.07, 6.45) is 6.39. The summed E-state index contributed by atoms with van der Waals surface area (Å²) in [5.41, 5.74) is 1.39. The predicted octanol–water partition coefficient (Wildman–Crippen LogP) is 3.42. The van der Waals surface area contributed by atoms with Crippen LogP contribution in [0.1, 0.15) is 38.2 Å². The minimum absolute atomic E-state index is 0.469. The van der Waals surface area contributed by atoms with Crippen molar-refractivity contribution in [1.29, 1.82) is 0 Å². The molecule has 2 unspecified atom stereocenters. The van der Waals surface area contributed by atoms with Gasteiger partial charge in [0.15, 0.2) is 0 Å². The quantitative estimate of drug-likeness (QED) is 0.707. The van der Waals surface area contributed by atoms with Gasteiger partial charge in [0, 0.05) is 6.61 Å². The van der Waals surface area contributed by atoms with Crippen LogP contribution in [0, 0.1) is 5.92 Å². The van der Waals surface area contributed by atoms with Crippen LogP contribution >= 0.6 is 0 Å². The molecular formula is C18H29NO2. The van der Waals surface area contributed by atoms with Gasteiger partial charge < -0.3 is 14.8 Å². The van der Waals surface area contributed by atoms with Crippen molar-refractivity contribution < 1.29 is 9.47 Å². The van der Waals surface area contributed by atoms with E-state index in [0.29, 0.717) is 12.0 Å². The summed E-state index contributed by atoms with van der Waals surface area (Å²) in [6.45, 7) is 5.35. The van der Waals surface area contributed by atoms with Crippen LogP contribution in [0.4, 0.5) is 0 Å². The summed E-state index contributed by atoms with van der Waals surface area (Å²) in [4.78, 5) is 0. The first kappa shape index (κ1) is 16.3. The van der Waals surface area contributed by atoms with Gasteiger partial charge in [-0.2, -0.15) is 0 Å². The lowest BCUT2D eigenvalue weighted by molar-refractivity contribution is 0.0893. The maximum atomic E-state index is 5.82. The molecule has 0 bridgehead atoms. The van der Waals surface area contributed by atoms with Crippen LogP contribution in [-0.2, 0) is 11.2 Å². The molecular weight excluding hydrogens is 262 g/mol. The highest BCUT2D eigenvalue weighted by Crippen LogP contribution is 2.23. The van der Waals surface area contributed by atoms with Crippen molar-refractivity contribution in [2.45, 2.75) is 45.1 Å². The Kier molecular flexibility index (Phi) is 7.04. The molecule has 1 fully saturated rings. The van der Waals surface area contributed by atoms with Crippen molar-refractivity contribution in [2.24, 2.45) is 5.92 Å². The van der Waals surface area contributed by atoms with Crippen LogP contribution in [0.15, 0.2) is 24.3 Å². The van der Waals surface area contributed by atoms with Crippen LogP contribution in [-0.4, -0.2) is 32.9 Å². The third kappa shape index (κ3) is 5.68. The first-order chi connectivity index (χ1) is 10.3. The molecule has 1 aromatic rings. The van der Waals surface area contributed by atoms with Gasteiger partial charge in [0.25, 0.3) is 0 Å². The molecule has 0 amide bonds. The Morgan fingerprint density at radius 1 is 1.33 bits per heavy atom. The van der Waals surface area contributed by atoms with Gasteiger partial charge >= 0.3 is 0 Å². The number of rotatable bonds is 9. The minimum atomic E-state index is 0.469. The Labute approximate surface area is 129 Å². The molecule has 3 nitrogen and oxygen atoms in total. The third-order valence-electron chi connectivity index (χ3n) is 4.16. The van der Waals surface area contributed by atoms with E-state index in [9.17, 15) is 0 Å². The Bertz CT molecular complexity index is 385. The lowest BCUT2D eigenvalue weighted by atomic mass is 9.92. The first-order valence-electron chi connectivity index (χ1n) is 8.27. The van der Waals surface area contributed by atoms with Gasteiger partial charge in [0.05, 0.1) is 13.2 Å². The largest absolute Gasteiger partial charge is 0.497 e. The molecule has 1 aliphatic rings. The zero-order valence-electron chi connectivity index (χ0n) is 13.4. The van der Waals surface area contributed by atoms with E-state index in [1.165, 1.54) is 31.2 Å². The van der Waals surface area contributed by atoms with Crippen LogP contribution < -0.4 is 10.1 Å².